The maximum absolute atomic E-state index is 12.9. The van der Waals surface area contributed by atoms with Gasteiger partial charge in [-0.3, -0.25) is 9.59 Å². The first-order valence-corrected chi connectivity index (χ1v) is 10.7. The first-order chi connectivity index (χ1) is 14.1. The van der Waals surface area contributed by atoms with E-state index in [4.69, 9.17) is 0 Å². The van der Waals surface area contributed by atoms with Crippen molar-refractivity contribution in [3.63, 3.8) is 0 Å². The molecule has 3 aromatic rings. The molecule has 2 heterocycles. The van der Waals surface area contributed by atoms with Crippen molar-refractivity contribution in [1.29, 1.82) is 0 Å². The summed E-state index contributed by atoms with van der Waals surface area (Å²) in [5, 5.41) is 5.40. The van der Waals surface area contributed by atoms with Crippen molar-refractivity contribution in [2.45, 2.75) is 32.1 Å². The summed E-state index contributed by atoms with van der Waals surface area (Å²) < 4.78 is 0. The fourth-order valence-electron chi connectivity index (χ4n) is 3.66. The van der Waals surface area contributed by atoms with E-state index in [1.54, 1.807) is 11.9 Å². The number of thiazole rings is 1. The Hall–Kier alpha value is -2.99. The molecule has 0 saturated carbocycles. The fourth-order valence-corrected chi connectivity index (χ4v) is 4.39. The maximum atomic E-state index is 12.9. The second-order valence-corrected chi connectivity index (χ2v) is 8.10. The summed E-state index contributed by atoms with van der Waals surface area (Å²) in [6.45, 7) is 2.17. The highest BCUT2D eigenvalue weighted by Crippen LogP contribution is 2.36. The van der Waals surface area contributed by atoms with Crippen molar-refractivity contribution in [1.82, 2.24) is 4.98 Å². The molecular formula is C23H23N3O2S. The van der Waals surface area contributed by atoms with Crippen LogP contribution in [0.2, 0.25) is 0 Å². The number of anilines is 2. The van der Waals surface area contributed by atoms with Crippen LogP contribution in [0.1, 0.15) is 36.8 Å². The van der Waals surface area contributed by atoms with Crippen molar-refractivity contribution in [3.05, 3.63) is 65.0 Å². The van der Waals surface area contributed by atoms with Gasteiger partial charge in [-0.2, -0.15) is 0 Å². The second kappa shape index (κ2) is 8.17. The Bertz CT molecular complexity index is 1040. The van der Waals surface area contributed by atoms with Crippen LogP contribution >= 0.6 is 11.3 Å². The molecule has 1 N–H and O–H groups in total. The standard InChI is InChI=1S/C23H23N3O2S/c1-3-6-15-9-11-16(12-10-15)19-14-29-23(24-19)25-22(28)18-13-21(27)26(2)20-8-5-4-7-17(18)20/h4-5,7-12,14,18H,3,6,13H2,1-2H3,(H,24,25,28)/t18-/m1/s1. The molecule has 0 saturated heterocycles. The van der Waals surface area contributed by atoms with Crippen LogP contribution in [0.25, 0.3) is 11.3 Å². The lowest BCUT2D eigenvalue weighted by molar-refractivity contribution is -0.124. The summed E-state index contributed by atoms with van der Waals surface area (Å²) in [4.78, 5) is 31.4. The Morgan fingerprint density at radius 3 is 2.72 bits per heavy atom. The molecule has 0 aliphatic carbocycles. The van der Waals surface area contributed by atoms with Gasteiger partial charge in [-0.25, -0.2) is 4.98 Å². The Balaban J connectivity index is 1.51. The predicted molar refractivity (Wildman–Crippen MR) is 117 cm³/mol. The van der Waals surface area contributed by atoms with Crippen LogP contribution in [0.4, 0.5) is 10.8 Å². The van der Waals surface area contributed by atoms with Crippen LogP contribution in [0.5, 0.6) is 0 Å². The molecule has 29 heavy (non-hydrogen) atoms. The van der Waals surface area contributed by atoms with Crippen molar-refractivity contribution in [2.75, 3.05) is 17.3 Å². The van der Waals surface area contributed by atoms with Crippen LogP contribution in [0.3, 0.4) is 0 Å². The summed E-state index contributed by atoms with van der Waals surface area (Å²) in [5.74, 6) is -0.760. The minimum absolute atomic E-state index is 0.0594. The molecule has 0 unspecified atom stereocenters. The van der Waals surface area contributed by atoms with Gasteiger partial charge >= 0.3 is 0 Å². The van der Waals surface area contributed by atoms with Crippen LogP contribution in [0, 0.1) is 0 Å². The van der Waals surface area contributed by atoms with E-state index in [1.165, 1.54) is 16.9 Å². The highest BCUT2D eigenvalue weighted by molar-refractivity contribution is 7.14. The highest BCUT2D eigenvalue weighted by Gasteiger charge is 2.33. The molecule has 6 heteroatoms. The average molecular weight is 406 g/mol. The number of aryl methyl sites for hydroxylation is 1. The average Bonchev–Trinajstić information content (AvgIpc) is 3.20. The Morgan fingerprint density at radius 1 is 1.21 bits per heavy atom. The molecule has 148 valence electrons. The Labute approximate surface area is 174 Å². The van der Waals surface area contributed by atoms with Crippen LogP contribution in [0.15, 0.2) is 53.9 Å². The molecule has 0 radical (unpaired) electrons. The minimum atomic E-state index is -0.504. The van der Waals surface area contributed by atoms with E-state index in [2.05, 4.69) is 41.5 Å². The van der Waals surface area contributed by atoms with Gasteiger partial charge in [0, 0.05) is 30.1 Å². The molecule has 1 aromatic heterocycles. The number of hydrogen-bond acceptors (Lipinski definition) is 4. The van der Waals surface area contributed by atoms with Gasteiger partial charge in [0.1, 0.15) is 0 Å². The largest absolute Gasteiger partial charge is 0.315 e. The quantitative estimate of drug-likeness (QED) is 0.660. The zero-order valence-electron chi connectivity index (χ0n) is 16.5. The number of nitrogens with zero attached hydrogens (tertiary/aromatic N) is 2. The molecule has 4 rings (SSSR count). The first-order valence-electron chi connectivity index (χ1n) is 9.78. The lowest BCUT2D eigenvalue weighted by atomic mass is 9.89. The molecule has 1 aliphatic rings. The van der Waals surface area contributed by atoms with Gasteiger partial charge in [0.2, 0.25) is 11.8 Å². The molecule has 1 aliphatic heterocycles. The molecule has 0 spiro atoms. The van der Waals surface area contributed by atoms with E-state index in [0.717, 1.165) is 35.3 Å². The zero-order valence-corrected chi connectivity index (χ0v) is 17.3. The van der Waals surface area contributed by atoms with Crippen LogP contribution in [-0.2, 0) is 16.0 Å². The number of para-hydroxylation sites is 1. The van der Waals surface area contributed by atoms with Gasteiger partial charge in [0.25, 0.3) is 0 Å². The zero-order chi connectivity index (χ0) is 20.4. The first kappa shape index (κ1) is 19.3. The summed E-state index contributed by atoms with van der Waals surface area (Å²) in [6.07, 6.45) is 2.35. The van der Waals surface area contributed by atoms with Gasteiger partial charge < -0.3 is 10.2 Å². The van der Waals surface area contributed by atoms with Gasteiger partial charge in [0.05, 0.1) is 11.6 Å². The fraction of sp³-hybridized carbons (Fsp3) is 0.261. The van der Waals surface area contributed by atoms with E-state index in [-0.39, 0.29) is 18.2 Å². The second-order valence-electron chi connectivity index (χ2n) is 7.24. The van der Waals surface area contributed by atoms with Crippen LogP contribution in [-0.4, -0.2) is 23.8 Å². The van der Waals surface area contributed by atoms with Crippen LogP contribution < -0.4 is 10.2 Å². The van der Waals surface area contributed by atoms with E-state index >= 15 is 0 Å². The lowest BCUT2D eigenvalue weighted by Crippen LogP contribution is -2.37. The summed E-state index contributed by atoms with van der Waals surface area (Å²) >= 11 is 1.40. The predicted octanol–water partition coefficient (Wildman–Crippen LogP) is 4.85. The van der Waals surface area contributed by atoms with Gasteiger partial charge in [0.15, 0.2) is 5.13 Å². The molecule has 1 atom stereocenters. The Morgan fingerprint density at radius 2 is 1.97 bits per heavy atom. The normalized spacial score (nSPS) is 15.9. The van der Waals surface area contributed by atoms with E-state index in [1.807, 2.05) is 29.6 Å². The van der Waals surface area contributed by atoms with Crippen molar-refractivity contribution in [3.8, 4) is 11.3 Å². The van der Waals surface area contributed by atoms with E-state index in [9.17, 15) is 9.59 Å². The summed E-state index contributed by atoms with van der Waals surface area (Å²) in [6, 6.07) is 15.9. The number of benzene rings is 2. The van der Waals surface area contributed by atoms with Gasteiger partial charge in [-0.15, -0.1) is 11.3 Å². The number of carbonyl (C=O) groups excluding carboxylic acids is 2. The van der Waals surface area contributed by atoms with Gasteiger partial charge in [-0.1, -0.05) is 55.8 Å². The minimum Gasteiger partial charge on any atom is -0.315 e. The number of fused-ring (bicyclic) bond motifs is 1. The molecule has 0 fully saturated rings. The molecule has 2 aromatic carbocycles. The van der Waals surface area contributed by atoms with E-state index < -0.39 is 5.92 Å². The third-order valence-corrected chi connectivity index (χ3v) is 6.02. The number of nitrogens with one attached hydrogen (secondary N) is 1. The number of amides is 2. The summed E-state index contributed by atoms with van der Waals surface area (Å²) in [5.41, 5.74) is 4.84. The summed E-state index contributed by atoms with van der Waals surface area (Å²) in [7, 11) is 1.74. The molecular weight excluding hydrogens is 382 g/mol. The van der Waals surface area contributed by atoms with E-state index in [0.29, 0.717) is 5.13 Å². The SMILES string of the molecule is CCCc1ccc(-c2csc(NC(=O)[C@@H]3CC(=O)N(C)c4ccccc43)n2)cc1. The number of hydrogen-bond donors (Lipinski definition) is 1. The van der Waals surface area contributed by atoms with Gasteiger partial charge in [-0.05, 0) is 23.6 Å². The van der Waals surface area contributed by atoms with Crippen molar-refractivity contribution in [2.24, 2.45) is 0 Å². The third kappa shape index (κ3) is 3.93. The Kier molecular flexibility index (Phi) is 5.45. The number of carbonyl (C=O) groups is 2. The lowest BCUT2D eigenvalue weighted by Gasteiger charge is -2.30. The number of rotatable bonds is 5. The highest BCUT2D eigenvalue weighted by atomic mass is 32.1. The maximum Gasteiger partial charge on any atom is 0.234 e. The molecule has 5 nitrogen and oxygen atoms in total. The molecule has 2 amide bonds. The monoisotopic (exact) mass is 405 g/mol. The topological polar surface area (TPSA) is 62.3 Å². The van der Waals surface area contributed by atoms with Crippen molar-refractivity contribution < 1.29 is 9.59 Å². The molecule has 0 bridgehead atoms. The smallest absolute Gasteiger partial charge is 0.234 e. The third-order valence-electron chi connectivity index (χ3n) is 5.27. The van der Waals surface area contributed by atoms with Crippen molar-refractivity contribution >= 4 is 34.0 Å². The number of aromatic nitrogens is 1.